The number of halogens is 1. The predicted molar refractivity (Wildman–Crippen MR) is 125 cm³/mol. The van der Waals surface area contributed by atoms with Gasteiger partial charge in [-0.25, -0.2) is 0 Å². The fourth-order valence-electron chi connectivity index (χ4n) is 3.22. The molecule has 3 aromatic rings. The fourth-order valence-corrected chi connectivity index (χ4v) is 4.85. The number of fused-ring (bicyclic) bond motifs is 1. The molecule has 1 aliphatic rings. The fraction of sp³-hybridized carbons (Fsp3) is 0.130. The predicted octanol–water partition coefficient (Wildman–Crippen LogP) is 6.29. The summed E-state index contributed by atoms with van der Waals surface area (Å²) in [6, 6.07) is 19.9. The molecular formula is C23H18ClNO2S2. The number of likely N-dealkylation sites (N-methyl/N-ethyl adjacent to an activating group) is 1. The van der Waals surface area contributed by atoms with Crippen molar-refractivity contribution < 1.29 is 9.53 Å². The van der Waals surface area contributed by atoms with Crippen molar-refractivity contribution in [3.8, 4) is 5.75 Å². The van der Waals surface area contributed by atoms with Crippen molar-refractivity contribution in [2.45, 2.75) is 13.5 Å². The van der Waals surface area contributed by atoms with Gasteiger partial charge in [-0.1, -0.05) is 84.1 Å². The Morgan fingerprint density at radius 1 is 1.14 bits per heavy atom. The highest BCUT2D eigenvalue weighted by Crippen LogP contribution is 2.34. The summed E-state index contributed by atoms with van der Waals surface area (Å²) in [5.41, 5.74) is 1.94. The molecule has 1 amide bonds. The van der Waals surface area contributed by atoms with Crippen molar-refractivity contribution in [1.82, 2.24) is 4.90 Å². The van der Waals surface area contributed by atoms with Crippen LogP contribution in [0.2, 0.25) is 5.02 Å². The largest absolute Gasteiger partial charge is 0.487 e. The van der Waals surface area contributed by atoms with Gasteiger partial charge in [0.15, 0.2) is 0 Å². The molecule has 4 rings (SSSR count). The Bertz CT molecular complexity index is 1140. The van der Waals surface area contributed by atoms with Crippen molar-refractivity contribution >= 4 is 62.7 Å². The molecule has 0 aromatic heterocycles. The number of ether oxygens (including phenoxy) is 1. The zero-order valence-corrected chi connectivity index (χ0v) is 18.1. The average Bonchev–Trinajstić information content (AvgIpc) is 2.99. The van der Waals surface area contributed by atoms with E-state index in [2.05, 4.69) is 24.3 Å². The molecule has 0 unspecified atom stereocenters. The van der Waals surface area contributed by atoms with Gasteiger partial charge in [-0.05, 0) is 47.0 Å². The number of amides is 1. The van der Waals surface area contributed by atoms with Gasteiger partial charge >= 0.3 is 0 Å². The second kappa shape index (κ2) is 8.57. The van der Waals surface area contributed by atoms with E-state index >= 15 is 0 Å². The van der Waals surface area contributed by atoms with Crippen molar-refractivity contribution in [3.63, 3.8) is 0 Å². The van der Waals surface area contributed by atoms with E-state index in [-0.39, 0.29) is 5.91 Å². The van der Waals surface area contributed by atoms with Gasteiger partial charge in [0.25, 0.3) is 5.91 Å². The maximum atomic E-state index is 12.4. The summed E-state index contributed by atoms with van der Waals surface area (Å²) in [5, 5.41) is 2.85. The van der Waals surface area contributed by atoms with Crippen LogP contribution in [0.3, 0.4) is 0 Å². The first kappa shape index (κ1) is 20.0. The number of carbonyl (C=O) groups excluding carboxylic acids is 1. The van der Waals surface area contributed by atoms with Crippen molar-refractivity contribution in [2.75, 3.05) is 6.54 Å². The first-order valence-electron chi connectivity index (χ1n) is 9.21. The lowest BCUT2D eigenvalue weighted by Gasteiger charge is -2.11. The second-order valence-corrected chi connectivity index (χ2v) is 8.63. The van der Waals surface area contributed by atoms with Crippen LogP contribution in [0, 0.1) is 0 Å². The maximum absolute atomic E-state index is 12.4. The van der Waals surface area contributed by atoms with Crippen LogP contribution >= 0.6 is 35.6 Å². The first-order chi connectivity index (χ1) is 14.1. The molecule has 6 heteroatoms. The molecule has 3 aromatic carbocycles. The van der Waals surface area contributed by atoms with Crippen LogP contribution < -0.4 is 4.74 Å². The number of hydrogen-bond acceptors (Lipinski definition) is 4. The van der Waals surface area contributed by atoms with Gasteiger partial charge in [0.2, 0.25) is 0 Å². The zero-order valence-electron chi connectivity index (χ0n) is 15.7. The van der Waals surface area contributed by atoms with E-state index in [9.17, 15) is 4.79 Å². The van der Waals surface area contributed by atoms with Crippen LogP contribution in [0.25, 0.3) is 16.8 Å². The third-order valence-electron chi connectivity index (χ3n) is 4.71. The third kappa shape index (κ3) is 4.17. The van der Waals surface area contributed by atoms with Gasteiger partial charge in [0, 0.05) is 6.54 Å². The molecule has 1 fully saturated rings. The Labute approximate surface area is 184 Å². The topological polar surface area (TPSA) is 29.5 Å². The number of thiocarbonyl (C=S) groups is 1. The van der Waals surface area contributed by atoms with Crippen LogP contribution in [-0.4, -0.2) is 21.7 Å². The van der Waals surface area contributed by atoms with Gasteiger partial charge < -0.3 is 4.74 Å². The highest BCUT2D eigenvalue weighted by molar-refractivity contribution is 8.26. The molecule has 0 aliphatic carbocycles. The Balaban J connectivity index is 1.51. The molecule has 1 aliphatic heterocycles. The summed E-state index contributed by atoms with van der Waals surface area (Å²) in [6.07, 6.45) is 1.81. The van der Waals surface area contributed by atoms with Gasteiger partial charge in [-0.15, -0.1) is 0 Å². The van der Waals surface area contributed by atoms with Gasteiger partial charge in [-0.3, -0.25) is 9.69 Å². The lowest BCUT2D eigenvalue weighted by Crippen LogP contribution is -2.27. The minimum Gasteiger partial charge on any atom is -0.487 e. The SMILES string of the molecule is CCN1C(=O)/C(=C/c2ccc(OCc3cccc4ccccc34)c(Cl)c2)SC1=S. The molecule has 1 heterocycles. The molecular weight excluding hydrogens is 422 g/mol. The molecule has 0 atom stereocenters. The molecule has 0 bridgehead atoms. The van der Waals surface area contributed by atoms with E-state index < -0.39 is 0 Å². The summed E-state index contributed by atoms with van der Waals surface area (Å²) in [7, 11) is 0. The smallest absolute Gasteiger partial charge is 0.266 e. The minimum atomic E-state index is -0.0603. The lowest BCUT2D eigenvalue weighted by molar-refractivity contribution is -0.121. The monoisotopic (exact) mass is 439 g/mol. The number of benzene rings is 3. The van der Waals surface area contributed by atoms with E-state index in [0.29, 0.717) is 33.1 Å². The van der Waals surface area contributed by atoms with Crippen LogP contribution in [0.4, 0.5) is 0 Å². The standard InChI is InChI=1S/C23H18ClNO2S2/c1-2-25-22(26)21(29-23(25)28)13-15-10-11-20(19(24)12-15)27-14-17-8-5-7-16-6-3-4-9-18(16)17/h3-13H,2,14H2,1H3/b21-13-. The van der Waals surface area contributed by atoms with E-state index in [1.54, 1.807) is 11.0 Å². The Kier molecular flexibility index (Phi) is 5.90. The summed E-state index contributed by atoms with van der Waals surface area (Å²) in [5.74, 6) is 0.549. The lowest BCUT2D eigenvalue weighted by atomic mass is 10.1. The third-order valence-corrected chi connectivity index (χ3v) is 6.38. The summed E-state index contributed by atoms with van der Waals surface area (Å²) in [4.78, 5) is 14.6. The maximum Gasteiger partial charge on any atom is 0.266 e. The van der Waals surface area contributed by atoms with E-state index in [1.807, 2.05) is 43.3 Å². The van der Waals surface area contributed by atoms with Crippen LogP contribution in [0.15, 0.2) is 65.6 Å². The van der Waals surface area contributed by atoms with Gasteiger partial charge in [0.1, 0.15) is 16.7 Å². The van der Waals surface area contributed by atoms with Crippen molar-refractivity contribution in [3.05, 3.63) is 81.7 Å². The quantitative estimate of drug-likeness (QED) is 0.345. The number of hydrogen-bond donors (Lipinski definition) is 0. The van der Waals surface area contributed by atoms with Gasteiger partial charge in [0.05, 0.1) is 9.93 Å². The second-order valence-electron chi connectivity index (χ2n) is 6.54. The van der Waals surface area contributed by atoms with Crippen molar-refractivity contribution in [2.24, 2.45) is 0 Å². The number of rotatable bonds is 5. The van der Waals surface area contributed by atoms with E-state index in [0.717, 1.165) is 11.1 Å². The van der Waals surface area contributed by atoms with Crippen LogP contribution in [0.1, 0.15) is 18.1 Å². The van der Waals surface area contributed by atoms with Crippen LogP contribution in [0.5, 0.6) is 5.75 Å². The molecule has 0 N–H and O–H groups in total. The molecule has 3 nitrogen and oxygen atoms in total. The van der Waals surface area contributed by atoms with E-state index in [1.165, 1.54) is 22.5 Å². The van der Waals surface area contributed by atoms with Crippen molar-refractivity contribution in [1.29, 1.82) is 0 Å². The zero-order chi connectivity index (χ0) is 20.4. The Morgan fingerprint density at radius 3 is 2.69 bits per heavy atom. The molecule has 0 radical (unpaired) electrons. The molecule has 1 saturated heterocycles. The van der Waals surface area contributed by atoms with Gasteiger partial charge in [-0.2, -0.15) is 0 Å². The Hall–Kier alpha value is -2.34. The Morgan fingerprint density at radius 2 is 1.93 bits per heavy atom. The highest BCUT2D eigenvalue weighted by atomic mass is 35.5. The summed E-state index contributed by atoms with van der Waals surface area (Å²) >= 11 is 13.0. The number of nitrogens with zero attached hydrogens (tertiary/aromatic N) is 1. The summed E-state index contributed by atoms with van der Waals surface area (Å²) < 4.78 is 6.56. The average molecular weight is 440 g/mol. The normalized spacial score (nSPS) is 15.5. The number of thioether (sulfide) groups is 1. The highest BCUT2D eigenvalue weighted by Gasteiger charge is 2.30. The molecule has 146 valence electrons. The molecule has 0 spiro atoms. The first-order valence-corrected chi connectivity index (χ1v) is 10.8. The van der Waals surface area contributed by atoms with Crippen LogP contribution in [-0.2, 0) is 11.4 Å². The minimum absolute atomic E-state index is 0.0603. The van der Waals surface area contributed by atoms with E-state index in [4.69, 9.17) is 28.6 Å². The molecule has 29 heavy (non-hydrogen) atoms. The number of carbonyl (C=O) groups is 1. The molecule has 0 saturated carbocycles. The summed E-state index contributed by atoms with van der Waals surface area (Å²) in [6.45, 7) is 2.91.